The molecule has 0 amide bonds. The molecule has 0 N–H and O–H groups in total. The summed E-state index contributed by atoms with van der Waals surface area (Å²) in [5.41, 5.74) is 1.53. The third-order valence-corrected chi connectivity index (χ3v) is 3.44. The molecule has 0 aliphatic carbocycles. The molecule has 0 aliphatic rings. The lowest BCUT2D eigenvalue weighted by Crippen LogP contribution is -1.82. The molecule has 0 saturated carbocycles. The molecule has 2 aromatic rings. The van der Waals surface area contributed by atoms with Gasteiger partial charge < -0.3 is 0 Å². The zero-order chi connectivity index (χ0) is 11.7. The molecule has 1 radical (unpaired) electrons. The number of rotatable bonds is 1. The lowest BCUT2D eigenvalue weighted by Gasteiger charge is -2.07. The van der Waals surface area contributed by atoms with Crippen LogP contribution in [0.25, 0.3) is 11.1 Å². The van der Waals surface area contributed by atoms with Gasteiger partial charge in [-0.2, -0.15) is 0 Å². The van der Waals surface area contributed by atoms with Crippen LogP contribution in [-0.4, -0.2) is 0 Å². The molecule has 0 spiro atoms. The summed E-state index contributed by atoms with van der Waals surface area (Å²) in [5.74, 6) is 0. The third kappa shape index (κ3) is 2.31. The first-order chi connectivity index (χ1) is 7.59. The molecule has 0 bridgehead atoms. The fraction of sp³-hybridized carbons (Fsp3) is 0. The van der Waals surface area contributed by atoms with Crippen LogP contribution in [0.2, 0.25) is 20.1 Å². The van der Waals surface area contributed by atoms with Crippen LogP contribution < -0.4 is 0 Å². The number of hydrogen-bond acceptors (Lipinski definition) is 0. The van der Waals surface area contributed by atoms with E-state index in [1.165, 1.54) is 0 Å². The highest BCUT2D eigenvalue weighted by Gasteiger charge is 2.10. The summed E-state index contributed by atoms with van der Waals surface area (Å²) in [4.78, 5) is 0. The van der Waals surface area contributed by atoms with Gasteiger partial charge in [0.05, 0.1) is 20.1 Å². The molecule has 2 rings (SSSR count). The monoisotopic (exact) mass is 289 g/mol. The fourth-order valence-corrected chi connectivity index (χ4v) is 2.24. The van der Waals surface area contributed by atoms with E-state index in [2.05, 4.69) is 6.07 Å². The minimum atomic E-state index is 0.427. The van der Waals surface area contributed by atoms with E-state index >= 15 is 0 Å². The van der Waals surface area contributed by atoms with Crippen LogP contribution in [0, 0.1) is 6.07 Å². The molecule has 0 nitrogen and oxygen atoms in total. The Morgan fingerprint density at radius 3 is 2.25 bits per heavy atom. The van der Waals surface area contributed by atoms with Gasteiger partial charge >= 0.3 is 0 Å². The smallest absolute Gasteiger partial charge is 0.0671 e. The van der Waals surface area contributed by atoms with Gasteiger partial charge in [-0.3, -0.25) is 0 Å². The Morgan fingerprint density at radius 2 is 1.56 bits per heavy atom. The molecular weight excluding hydrogens is 286 g/mol. The van der Waals surface area contributed by atoms with Crippen LogP contribution in [0.5, 0.6) is 0 Å². The molecule has 0 fully saturated rings. The van der Waals surface area contributed by atoms with E-state index < -0.39 is 0 Å². The number of halogens is 4. The number of benzene rings is 2. The zero-order valence-corrected chi connectivity index (χ0v) is 10.9. The van der Waals surface area contributed by atoms with Crippen molar-refractivity contribution in [3.8, 4) is 11.1 Å². The van der Waals surface area contributed by atoms with Gasteiger partial charge in [-0.1, -0.05) is 64.6 Å². The van der Waals surface area contributed by atoms with Crippen molar-refractivity contribution < 1.29 is 0 Å². The summed E-state index contributed by atoms with van der Waals surface area (Å²) in [6.07, 6.45) is 0. The van der Waals surface area contributed by atoms with E-state index in [4.69, 9.17) is 46.4 Å². The largest absolute Gasteiger partial charge is 0.0836 e. The zero-order valence-electron chi connectivity index (χ0n) is 7.90. The molecule has 4 heteroatoms. The third-order valence-electron chi connectivity index (χ3n) is 2.10. The van der Waals surface area contributed by atoms with Gasteiger partial charge in [-0.25, -0.2) is 0 Å². The first kappa shape index (κ1) is 12.1. The normalized spacial score (nSPS) is 10.5. The van der Waals surface area contributed by atoms with Crippen LogP contribution in [0.4, 0.5) is 0 Å². The molecular formula is C12H5Cl4. The Hall–Kier alpha value is -0.400. The lowest BCUT2D eigenvalue weighted by atomic mass is 10.1. The van der Waals surface area contributed by atoms with Crippen LogP contribution in [0.15, 0.2) is 30.3 Å². The maximum absolute atomic E-state index is 6.10. The Morgan fingerprint density at radius 1 is 0.812 bits per heavy atom. The molecule has 0 saturated heterocycles. The van der Waals surface area contributed by atoms with Crippen molar-refractivity contribution in [3.05, 3.63) is 56.5 Å². The Labute approximate surface area is 114 Å². The summed E-state index contributed by atoms with van der Waals surface area (Å²) < 4.78 is 0. The quantitative estimate of drug-likeness (QED) is 0.626. The second kappa shape index (κ2) is 4.85. The van der Waals surface area contributed by atoms with Crippen molar-refractivity contribution in [2.45, 2.75) is 0 Å². The minimum absolute atomic E-state index is 0.427. The highest BCUT2D eigenvalue weighted by atomic mass is 35.5. The van der Waals surface area contributed by atoms with E-state index in [-0.39, 0.29) is 0 Å². The SMILES string of the molecule is Clc1[c]c(Cl)c(-c2cccc(Cl)c2Cl)cc1. The number of hydrogen-bond donors (Lipinski definition) is 0. The summed E-state index contributed by atoms with van der Waals surface area (Å²) in [7, 11) is 0. The standard InChI is InChI=1S/C12H5Cl4/c13-7-4-5-8(11(15)6-7)9-2-1-3-10(14)12(9)16/h1-5H. The first-order valence-electron chi connectivity index (χ1n) is 4.41. The van der Waals surface area contributed by atoms with E-state index in [1.807, 2.05) is 12.1 Å². The van der Waals surface area contributed by atoms with Crippen molar-refractivity contribution >= 4 is 46.4 Å². The summed E-state index contributed by atoms with van der Waals surface area (Å²) in [6, 6.07) is 11.7. The highest BCUT2D eigenvalue weighted by molar-refractivity contribution is 6.44. The highest BCUT2D eigenvalue weighted by Crippen LogP contribution is 2.37. The molecule has 2 aromatic carbocycles. The second-order valence-electron chi connectivity index (χ2n) is 3.14. The Balaban J connectivity index is 2.63. The predicted octanol–water partition coefficient (Wildman–Crippen LogP) is 5.77. The van der Waals surface area contributed by atoms with Gasteiger partial charge in [-0.15, -0.1) is 0 Å². The van der Waals surface area contributed by atoms with E-state index in [0.717, 1.165) is 11.1 Å². The van der Waals surface area contributed by atoms with Crippen LogP contribution >= 0.6 is 46.4 Å². The van der Waals surface area contributed by atoms with Gasteiger partial charge in [0, 0.05) is 17.2 Å². The van der Waals surface area contributed by atoms with Crippen molar-refractivity contribution in [1.82, 2.24) is 0 Å². The van der Waals surface area contributed by atoms with Crippen LogP contribution in [0.1, 0.15) is 0 Å². The first-order valence-corrected chi connectivity index (χ1v) is 5.92. The maximum atomic E-state index is 6.10. The molecule has 16 heavy (non-hydrogen) atoms. The van der Waals surface area contributed by atoms with Crippen LogP contribution in [0.3, 0.4) is 0 Å². The van der Waals surface area contributed by atoms with Crippen LogP contribution in [-0.2, 0) is 0 Å². The molecule has 0 heterocycles. The lowest BCUT2D eigenvalue weighted by molar-refractivity contribution is 1.61. The van der Waals surface area contributed by atoms with Gasteiger partial charge in [0.25, 0.3) is 0 Å². The minimum Gasteiger partial charge on any atom is -0.0836 e. The summed E-state index contributed by atoms with van der Waals surface area (Å²) in [5, 5.41) is 1.86. The average molecular weight is 291 g/mol. The van der Waals surface area contributed by atoms with Gasteiger partial charge in [-0.05, 0) is 12.1 Å². The molecule has 81 valence electrons. The Bertz CT molecular complexity index is 535. The molecule has 0 unspecified atom stereocenters. The fourth-order valence-electron chi connectivity index (χ4n) is 1.36. The van der Waals surface area contributed by atoms with E-state index in [0.29, 0.717) is 20.1 Å². The second-order valence-corrected chi connectivity index (χ2v) is 4.71. The van der Waals surface area contributed by atoms with Gasteiger partial charge in [0.15, 0.2) is 0 Å². The van der Waals surface area contributed by atoms with Gasteiger partial charge in [0.2, 0.25) is 0 Å². The summed E-state index contributed by atoms with van der Waals surface area (Å²) >= 11 is 23.9. The molecule has 0 aromatic heterocycles. The van der Waals surface area contributed by atoms with Crippen molar-refractivity contribution in [2.24, 2.45) is 0 Å². The van der Waals surface area contributed by atoms with Crippen molar-refractivity contribution in [1.29, 1.82) is 0 Å². The molecule has 0 atom stereocenters. The van der Waals surface area contributed by atoms with Gasteiger partial charge in [0.1, 0.15) is 0 Å². The average Bonchev–Trinajstić information content (AvgIpc) is 2.23. The maximum Gasteiger partial charge on any atom is 0.0671 e. The van der Waals surface area contributed by atoms with Crippen molar-refractivity contribution in [3.63, 3.8) is 0 Å². The molecule has 0 aliphatic heterocycles. The van der Waals surface area contributed by atoms with E-state index in [9.17, 15) is 0 Å². The topological polar surface area (TPSA) is 0 Å². The predicted molar refractivity (Wildman–Crippen MR) is 70.8 cm³/mol. The summed E-state index contributed by atoms with van der Waals surface area (Å²) in [6.45, 7) is 0. The van der Waals surface area contributed by atoms with Crippen molar-refractivity contribution in [2.75, 3.05) is 0 Å². The van der Waals surface area contributed by atoms with E-state index in [1.54, 1.807) is 18.2 Å². The Kier molecular flexibility index (Phi) is 3.66.